The number of carbonyl (C=O) groups is 2. The number of rotatable bonds is 4. The van der Waals surface area contributed by atoms with Crippen LogP contribution < -0.4 is 11.1 Å². The van der Waals surface area contributed by atoms with Gasteiger partial charge in [-0.3, -0.25) is 9.59 Å². The predicted molar refractivity (Wildman–Crippen MR) is 52.3 cm³/mol. The van der Waals surface area contributed by atoms with Crippen LogP contribution in [-0.2, 0) is 16.0 Å². The minimum absolute atomic E-state index is 0.329. The summed E-state index contributed by atoms with van der Waals surface area (Å²) in [5.41, 5.74) is 4.46. The van der Waals surface area contributed by atoms with Gasteiger partial charge in [0.05, 0.1) is 13.0 Å². The number of carbonyl (C=O) groups excluding carboxylic acids is 2. The van der Waals surface area contributed by atoms with Crippen LogP contribution in [0.5, 0.6) is 0 Å². The van der Waals surface area contributed by atoms with Crippen molar-refractivity contribution in [3.05, 3.63) is 35.4 Å². The molecule has 0 radical (unpaired) electrons. The first kappa shape index (κ1) is 12.1. The lowest BCUT2D eigenvalue weighted by Gasteiger charge is -2.05. The van der Waals surface area contributed by atoms with Crippen molar-refractivity contribution in [1.82, 2.24) is 5.32 Å². The second-order valence-electron chi connectivity index (χ2n) is 3.12. The number of benzene rings is 1. The summed E-state index contributed by atoms with van der Waals surface area (Å²) in [6.45, 7) is -0.352. The molecular weight excluding hydrogens is 218 g/mol. The van der Waals surface area contributed by atoms with Gasteiger partial charge >= 0.3 is 0 Å². The second kappa shape index (κ2) is 5.20. The summed E-state index contributed by atoms with van der Waals surface area (Å²) in [6.07, 6.45) is -0.466. The van der Waals surface area contributed by atoms with Crippen LogP contribution >= 0.6 is 0 Å². The van der Waals surface area contributed by atoms with E-state index in [1.807, 2.05) is 0 Å². The Kier molecular flexibility index (Phi) is 3.93. The first-order valence-corrected chi connectivity index (χ1v) is 4.48. The Morgan fingerprint density at radius 3 is 2.31 bits per heavy atom. The van der Waals surface area contributed by atoms with E-state index in [1.54, 1.807) is 0 Å². The maximum absolute atomic E-state index is 13.1. The Morgan fingerprint density at radius 2 is 1.81 bits per heavy atom. The van der Waals surface area contributed by atoms with Crippen molar-refractivity contribution in [3.8, 4) is 0 Å². The van der Waals surface area contributed by atoms with E-state index in [9.17, 15) is 18.4 Å². The van der Waals surface area contributed by atoms with Gasteiger partial charge in [-0.05, 0) is 12.1 Å². The van der Waals surface area contributed by atoms with E-state index in [2.05, 4.69) is 5.32 Å². The highest BCUT2D eigenvalue weighted by molar-refractivity contribution is 5.84. The molecule has 4 nitrogen and oxygen atoms in total. The van der Waals surface area contributed by atoms with E-state index in [1.165, 1.54) is 6.07 Å². The molecule has 6 heteroatoms. The monoisotopic (exact) mass is 228 g/mol. The average Bonchev–Trinajstić information content (AvgIpc) is 2.21. The zero-order valence-corrected chi connectivity index (χ0v) is 8.30. The molecule has 0 heterocycles. The number of hydrogen-bond donors (Lipinski definition) is 2. The Bertz CT molecular complexity index is 401. The van der Waals surface area contributed by atoms with Gasteiger partial charge in [0.25, 0.3) is 0 Å². The van der Waals surface area contributed by atoms with Crippen molar-refractivity contribution < 1.29 is 18.4 Å². The summed E-state index contributed by atoms with van der Waals surface area (Å²) in [6, 6.07) is 3.31. The molecule has 0 aliphatic rings. The normalized spacial score (nSPS) is 9.88. The Labute approximate surface area is 90.4 Å². The lowest BCUT2D eigenvalue weighted by molar-refractivity contribution is -0.124. The van der Waals surface area contributed by atoms with Gasteiger partial charge in [0.15, 0.2) is 0 Å². The maximum Gasteiger partial charge on any atom is 0.236 e. The van der Waals surface area contributed by atoms with Crippen LogP contribution in [0.25, 0.3) is 0 Å². The van der Waals surface area contributed by atoms with Crippen molar-refractivity contribution in [2.45, 2.75) is 6.42 Å². The van der Waals surface area contributed by atoms with Crippen molar-refractivity contribution in [3.63, 3.8) is 0 Å². The van der Waals surface area contributed by atoms with Crippen LogP contribution in [0.3, 0.4) is 0 Å². The fourth-order valence-electron chi connectivity index (χ4n) is 1.11. The molecule has 1 rings (SSSR count). The number of nitrogens with one attached hydrogen (secondary N) is 1. The predicted octanol–water partition coefficient (Wildman–Crippen LogP) is 0.109. The molecule has 0 aliphatic heterocycles. The summed E-state index contributed by atoms with van der Waals surface area (Å²) in [7, 11) is 0. The zero-order chi connectivity index (χ0) is 12.1. The van der Waals surface area contributed by atoms with Gasteiger partial charge in [0.1, 0.15) is 11.6 Å². The van der Waals surface area contributed by atoms with Crippen LogP contribution in [0.15, 0.2) is 18.2 Å². The van der Waals surface area contributed by atoms with Crippen LogP contribution in [0.4, 0.5) is 8.78 Å². The molecule has 1 aromatic carbocycles. The van der Waals surface area contributed by atoms with E-state index in [4.69, 9.17) is 5.73 Å². The van der Waals surface area contributed by atoms with E-state index in [0.29, 0.717) is 0 Å². The minimum atomic E-state index is -0.797. The Morgan fingerprint density at radius 1 is 1.25 bits per heavy atom. The molecule has 86 valence electrons. The summed E-state index contributed by atoms with van der Waals surface area (Å²) < 4.78 is 26.2. The van der Waals surface area contributed by atoms with Crippen LogP contribution in [0.2, 0.25) is 0 Å². The molecule has 0 fully saturated rings. The number of nitrogens with two attached hydrogens (primary N) is 1. The lowest BCUT2D eigenvalue weighted by Crippen LogP contribution is -2.34. The molecule has 0 atom stereocenters. The van der Waals surface area contributed by atoms with Gasteiger partial charge in [0.2, 0.25) is 11.8 Å². The highest BCUT2D eigenvalue weighted by atomic mass is 19.1. The maximum atomic E-state index is 13.1. The average molecular weight is 228 g/mol. The minimum Gasteiger partial charge on any atom is -0.368 e. The first-order valence-electron chi connectivity index (χ1n) is 4.48. The Balaban J connectivity index is 2.66. The highest BCUT2D eigenvalue weighted by Gasteiger charge is 2.12. The molecular formula is C10H10F2N2O2. The van der Waals surface area contributed by atoms with Crippen LogP contribution in [-0.4, -0.2) is 18.4 Å². The summed E-state index contributed by atoms with van der Waals surface area (Å²) in [5, 5.41) is 2.14. The number of hydrogen-bond acceptors (Lipinski definition) is 2. The van der Waals surface area contributed by atoms with Crippen molar-refractivity contribution in [1.29, 1.82) is 0 Å². The van der Waals surface area contributed by atoms with E-state index >= 15 is 0 Å². The molecule has 3 N–H and O–H groups in total. The molecule has 0 saturated carbocycles. The third-order valence-electron chi connectivity index (χ3n) is 1.86. The summed E-state index contributed by atoms with van der Waals surface area (Å²) >= 11 is 0. The van der Waals surface area contributed by atoms with Gasteiger partial charge in [-0.2, -0.15) is 0 Å². The van der Waals surface area contributed by atoms with Crippen molar-refractivity contribution >= 4 is 11.8 Å². The summed E-state index contributed by atoms with van der Waals surface area (Å²) in [4.78, 5) is 21.5. The van der Waals surface area contributed by atoms with Gasteiger partial charge in [-0.15, -0.1) is 0 Å². The third-order valence-corrected chi connectivity index (χ3v) is 1.86. The number of primary amides is 1. The lowest BCUT2D eigenvalue weighted by atomic mass is 10.1. The van der Waals surface area contributed by atoms with Gasteiger partial charge in [0, 0.05) is 5.56 Å². The zero-order valence-electron chi connectivity index (χ0n) is 8.30. The van der Waals surface area contributed by atoms with Crippen molar-refractivity contribution in [2.75, 3.05) is 6.54 Å². The molecule has 0 saturated heterocycles. The molecule has 0 aliphatic carbocycles. The third kappa shape index (κ3) is 3.30. The van der Waals surface area contributed by atoms with Crippen LogP contribution in [0.1, 0.15) is 5.56 Å². The summed E-state index contributed by atoms with van der Waals surface area (Å²) in [5.74, 6) is -2.98. The molecule has 1 aromatic rings. The highest BCUT2D eigenvalue weighted by Crippen LogP contribution is 2.12. The van der Waals surface area contributed by atoms with Gasteiger partial charge in [-0.25, -0.2) is 8.78 Å². The standard InChI is InChI=1S/C10H10F2N2O2/c11-7-2-1-3-8(12)6(7)4-10(16)14-5-9(13)15/h1-3H,4-5H2,(H2,13,15)(H,14,16). The molecule has 0 aromatic heterocycles. The molecule has 2 amide bonds. The van der Waals surface area contributed by atoms with Gasteiger partial charge < -0.3 is 11.1 Å². The quantitative estimate of drug-likeness (QED) is 0.767. The van der Waals surface area contributed by atoms with E-state index in [0.717, 1.165) is 12.1 Å². The van der Waals surface area contributed by atoms with Crippen molar-refractivity contribution in [2.24, 2.45) is 5.73 Å². The molecule has 0 unspecified atom stereocenters. The molecule has 0 spiro atoms. The topological polar surface area (TPSA) is 72.2 Å². The largest absolute Gasteiger partial charge is 0.368 e. The molecule has 16 heavy (non-hydrogen) atoms. The first-order chi connectivity index (χ1) is 7.50. The molecule has 0 bridgehead atoms. The van der Waals surface area contributed by atoms with E-state index in [-0.39, 0.29) is 12.1 Å². The smallest absolute Gasteiger partial charge is 0.236 e. The van der Waals surface area contributed by atoms with Crippen LogP contribution in [0, 0.1) is 11.6 Å². The fourth-order valence-corrected chi connectivity index (χ4v) is 1.11. The SMILES string of the molecule is NC(=O)CNC(=O)Cc1c(F)cccc1F. The fraction of sp³-hybridized carbons (Fsp3) is 0.200. The number of amides is 2. The number of halogens is 2. The Hall–Kier alpha value is -1.98. The van der Waals surface area contributed by atoms with E-state index < -0.39 is 29.9 Å². The van der Waals surface area contributed by atoms with Gasteiger partial charge in [-0.1, -0.05) is 6.07 Å². The second-order valence-corrected chi connectivity index (χ2v) is 3.12.